The molecule has 2 fully saturated rings. The van der Waals surface area contributed by atoms with Crippen LogP contribution in [-0.2, 0) is 18.3 Å². The van der Waals surface area contributed by atoms with Crippen LogP contribution in [-0.4, -0.2) is 56.2 Å². The molecule has 130 valence electrons. The number of hydrogen-bond acceptors (Lipinski definition) is 10. The second kappa shape index (κ2) is 5.36. The molecule has 0 bridgehead atoms. The molecule has 0 aromatic carbocycles. The van der Waals surface area contributed by atoms with Crippen molar-refractivity contribution in [2.45, 2.75) is 31.0 Å². The highest BCUT2D eigenvalue weighted by atomic mass is 31.1. The van der Waals surface area contributed by atoms with Gasteiger partial charge >= 0.3 is 8.25 Å². The van der Waals surface area contributed by atoms with Gasteiger partial charge in [-0.2, -0.15) is 9.97 Å². The van der Waals surface area contributed by atoms with Crippen LogP contribution >= 0.6 is 8.25 Å². The SMILES string of the molecule is COc1nc(N)nc2c1ncn2[C@@H]1O[C@@H]2CO[PH](=O)O[C@H]2[C@@]1(C)O. The largest absolute Gasteiger partial charge is 0.479 e. The molecule has 1 unspecified atom stereocenters. The van der Waals surface area contributed by atoms with Crippen molar-refractivity contribution in [2.75, 3.05) is 19.5 Å². The summed E-state index contributed by atoms with van der Waals surface area (Å²) >= 11 is 0. The van der Waals surface area contributed by atoms with Gasteiger partial charge in [0, 0.05) is 0 Å². The van der Waals surface area contributed by atoms with E-state index in [0.29, 0.717) is 11.2 Å². The molecule has 0 radical (unpaired) electrons. The first kappa shape index (κ1) is 15.7. The summed E-state index contributed by atoms with van der Waals surface area (Å²) in [5.74, 6) is 0.219. The maximum atomic E-state index is 11.5. The molecule has 24 heavy (non-hydrogen) atoms. The summed E-state index contributed by atoms with van der Waals surface area (Å²) in [7, 11) is -1.20. The zero-order valence-electron chi connectivity index (χ0n) is 12.9. The third kappa shape index (κ3) is 2.20. The Morgan fingerprint density at radius 3 is 3.08 bits per heavy atom. The molecule has 2 saturated heterocycles. The lowest BCUT2D eigenvalue weighted by Gasteiger charge is -2.31. The average molecular weight is 357 g/mol. The molecule has 0 aliphatic carbocycles. The zero-order valence-corrected chi connectivity index (χ0v) is 13.9. The van der Waals surface area contributed by atoms with Crippen LogP contribution in [0.3, 0.4) is 0 Å². The van der Waals surface area contributed by atoms with Crippen molar-refractivity contribution in [3.05, 3.63) is 6.33 Å². The van der Waals surface area contributed by atoms with Crippen LogP contribution in [0.5, 0.6) is 5.88 Å². The van der Waals surface area contributed by atoms with E-state index in [1.54, 1.807) is 0 Å². The van der Waals surface area contributed by atoms with Crippen molar-refractivity contribution in [1.29, 1.82) is 0 Å². The first-order chi connectivity index (χ1) is 11.4. The van der Waals surface area contributed by atoms with Crippen LogP contribution in [0.25, 0.3) is 11.2 Å². The third-order valence-corrected chi connectivity index (χ3v) is 5.01. The van der Waals surface area contributed by atoms with E-state index >= 15 is 0 Å². The molecule has 4 rings (SSSR count). The Kier molecular flexibility index (Phi) is 3.52. The van der Waals surface area contributed by atoms with Crippen molar-refractivity contribution >= 4 is 25.4 Å². The number of nitrogen functional groups attached to an aromatic ring is 1. The van der Waals surface area contributed by atoms with Gasteiger partial charge in [-0.3, -0.25) is 9.13 Å². The van der Waals surface area contributed by atoms with Crippen LogP contribution in [0.2, 0.25) is 0 Å². The molecule has 2 aliphatic heterocycles. The fraction of sp³-hybridized carbons (Fsp3) is 0.583. The number of anilines is 1. The summed E-state index contributed by atoms with van der Waals surface area (Å²) in [5.41, 5.74) is 4.95. The molecule has 11 nitrogen and oxygen atoms in total. The first-order valence-electron chi connectivity index (χ1n) is 7.17. The number of fused-ring (bicyclic) bond motifs is 2. The topological polar surface area (TPSA) is 144 Å². The average Bonchev–Trinajstić information content (AvgIpc) is 3.05. The lowest BCUT2D eigenvalue weighted by atomic mass is 9.96. The molecule has 2 aromatic heterocycles. The van der Waals surface area contributed by atoms with Crippen LogP contribution < -0.4 is 10.5 Å². The predicted octanol–water partition coefficient (Wildman–Crippen LogP) is -0.129. The lowest BCUT2D eigenvalue weighted by Crippen LogP contribution is -2.46. The van der Waals surface area contributed by atoms with Crippen molar-refractivity contribution in [2.24, 2.45) is 0 Å². The highest BCUT2D eigenvalue weighted by Gasteiger charge is 2.57. The molecular formula is C12H16N5O6P. The fourth-order valence-corrected chi connectivity index (χ4v) is 4.04. The van der Waals surface area contributed by atoms with Crippen LogP contribution in [0.1, 0.15) is 13.2 Å². The van der Waals surface area contributed by atoms with E-state index in [1.165, 1.54) is 24.9 Å². The van der Waals surface area contributed by atoms with Gasteiger partial charge in [-0.05, 0) is 6.92 Å². The number of imidazole rings is 1. The van der Waals surface area contributed by atoms with E-state index in [9.17, 15) is 9.67 Å². The van der Waals surface area contributed by atoms with Crippen LogP contribution in [0.4, 0.5) is 5.95 Å². The maximum absolute atomic E-state index is 11.5. The van der Waals surface area contributed by atoms with Crippen molar-refractivity contribution in [3.8, 4) is 5.88 Å². The monoisotopic (exact) mass is 357 g/mol. The number of nitrogens with zero attached hydrogens (tertiary/aromatic N) is 4. The summed E-state index contributed by atoms with van der Waals surface area (Å²) in [4.78, 5) is 12.3. The summed E-state index contributed by atoms with van der Waals surface area (Å²) in [6, 6.07) is 0. The van der Waals surface area contributed by atoms with Gasteiger partial charge in [0.05, 0.1) is 20.0 Å². The number of aliphatic hydroxyl groups is 1. The third-order valence-electron chi connectivity index (χ3n) is 4.16. The van der Waals surface area contributed by atoms with Crippen molar-refractivity contribution < 1.29 is 28.2 Å². The van der Waals surface area contributed by atoms with Crippen molar-refractivity contribution in [1.82, 2.24) is 19.5 Å². The molecule has 2 aromatic rings. The van der Waals surface area contributed by atoms with E-state index < -0.39 is 32.3 Å². The Balaban J connectivity index is 1.80. The van der Waals surface area contributed by atoms with Crippen LogP contribution in [0, 0.1) is 0 Å². The highest BCUT2D eigenvalue weighted by molar-refractivity contribution is 7.33. The number of ether oxygens (including phenoxy) is 2. The number of methoxy groups -OCH3 is 1. The minimum absolute atomic E-state index is 0.000735. The highest BCUT2D eigenvalue weighted by Crippen LogP contribution is 2.48. The van der Waals surface area contributed by atoms with Gasteiger partial charge < -0.3 is 29.4 Å². The van der Waals surface area contributed by atoms with Gasteiger partial charge in [0.1, 0.15) is 17.8 Å². The van der Waals surface area contributed by atoms with E-state index in [2.05, 4.69) is 15.0 Å². The normalized spacial score (nSPS) is 36.0. The molecule has 3 N–H and O–H groups in total. The number of nitrogens with two attached hydrogens (primary N) is 1. The van der Waals surface area contributed by atoms with Gasteiger partial charge in [0.25, 0.3) is 0 Å². The molecule has 0 amide bonds. The molecular weight excluding hydrogens is 341 g/mol. The van der Waals surface area contributed by atoms with Crippen molar-refractivity contribution in [3.63, 3.8) is 0 Å². The molecule has 0 saturated carbocycles. The van der Waals surface area contributed by atoms with Gasteiger partial charge in [-0.25, -0.2) is 4.98 Å². The second-order valence-corrected chi connectivity index (χ2v) is 6.79. The standard InChI is InChI=1S/C12H16N5O6P/c1-12(18)7-5(3-21-24(19)23-7)22-10(12)17-4-14-6-8(17)15-11(13)16-9(6)20-2/h4-5,7,10,18,24H,3H2,1-2H3,(H2,13,15,16)/t5-,7-,10-,12-/m1/s1. The second-order valence-electron chi connectivity index (χ2n) is 5.77. The Labute approximate surface area is 136 Å². The molecule has 0 spiro atoms. The van der Waals surface area contributed by atoms with E-state index in [-0.39, 0.29) is 18.4 Å². The fourth-order valence-electron chi connectivity index (χ4n) is 3.07. The van der Waals surface area contributed by atoms with E-state index in [1.807, 2.05) is 0 Å². The summed E-state index contributed by atoms with van der Waals surface area (Å²) in [6.07, 6.45) is -0.790. The molecule has 5 atom stereocenters. The number of rotatable bonds is 2. The maximum Gasteiger partial charge on any atom is 0.319 e. The van der Waals surface area contributed by atoms with E-state index in [4.69, 9.17) is 24.3 Å². The summed E-state index contributed by atoms with van der Waals surface area (Å²) in [6.45, 7) is 1.61. The number of hydrogen-bond donors (Lipinski definition) is 2. The summed E-state index contributed by atoms with van der Waals surface area (Å²) < 4.78 is 34.3. The molecule has 2 aliphatic rings. The quantitative estimate of drug-likeness (QED) is 0.697. The Bertz CT molecular complexity index is 826. The van der Waals surface area contributed by atoms with Gasteiger partial charge in [-0.1, -0.05) is 0 Å². The zero-order chi connectivity index (χ0) is 17.1. The Hall–Kier alpha value is -1.78. The minimum Gasteiger partial charge on any atom is -0.479 e. The van der Waals surface area contributed by atoms with Crippen LogP contribution in [0.15, 0.2) is 6.33 Å². The first-order valence-corrected chi connectivity index (χ1v) is 8.39. The predicted molar refractivity (Wildman–Crippen MR) is 80.6 cm³/mol. The van der Waals surface area contributed by atoms with Gasteiger partial charge in [0.2, 0.25) is 11.8 Å². The van der Waals surface area contributed by atoms with Gasteiger partial charge in [0.15, 0.2) is 17.4 Å². The Morgan fingerprint density at radius 2 is 2.33 bits per heavy atom. The molecule has 4 heterocycles. The van der Waals surface area contributed by atoms with Gasteiger partial charge in [-0.15, -0.1) is 0 Å². The van der Waals surface area contributed by atoms with E-state index in [0.717, 1.165) is 0 Å². The molecule has 12 heteroatoms. The Morgan fingerprint density at radius 1 is 1.54 bits per heavy atom. The summed E-state index contributed by atoms with van der Waals surface area (Å²) in [5, 5.41) is 10.9. The smallest absolute Gasteiger partial charge is 0.319 e. The number of aromatic nitrogens is 4. The lowest BCUT2D eigenvalue weighted by molar-refractivity contribution is -0.0884. The minimum atomic E-state index is -2.65.